The van der Waals surface area contributed by atoms with Gasteiger partial charge in [0.15, 0.2) is 11.6 Å². The molecule has 0 bridgehead atoms. The minimum Gasteiger partial charge on any atom is -0.372 e. The lowest BCUT2D eigenvalue weighted by Crippen LogP contribution is -2.42. The Bertz CT molecular complexity index is 465. The molecule has 2 fully saturated rings. The molecule has 2 aliphatic heterocycles. The summed E-state index contributed by atoms with van der Waals surface area (Å²) in [7, 11) is 0. The Hall–Kier alpha value is -0.650. The zero-order chi connectivity index (χ0) is 13.9. The highest BCUT2D eigenvalue weighted by Crippen LogP contribution is 2.31. The molecular formula is C15H19F2NOS. The molecule has 0 spiro atoms. The SMILES string of the molecule is Fc1ccc([C@@H]2OCC[C@@H]2N[C@@H]2CCCSC2)cc1F. The van der Waals surface area contributed by atoms with E-state index >= 15 is 0 Å². The number of benzene rings is 1. The van der Waals surface area contributed by atoms with Gasteiger partial charge in [0.25, 0.3) is 0 Å². The normalized spacial score (nSPS) is 30.6. The van der Waals surface area contributed by atoms with Crippen molar-refractivity contribution in [3.63, 3.8) is 0 Å². The van der Waals surface area contributed by atoms with Crippen LogP contribution < -0.4 is 5.32 Å². The molecule has 0 radical (unpaired) electrons. The Kier molecular flexibility index (Phi) is 4.58. The van der Waals surface area contributed by atoms with Gasteiger partial charge in [0.1, 0.15) is 0 Å². The van der Waals surface area contributed by atoms with Crippen molar-refractivity contribution >= 4 is 11.8 Å². The summed E-state index contributed by atoms with van der Waals surface area (Å²) in [6.07, 6.45) is 3.18. The van der Waals surface area contributed by atoms with Gasteiger partial charge in [-0.05, 0) is 42.7 Å². The van der Waals surface area contributed by atoms with E-state index in [1.165, 1.54) is 30.7 Å². The topological polar surface area (TPSA) is 21.3 Å². The van der Waals surface area contributed by atoms with E-state index in [1.54, 1.807) is 6.07 Å². The van der Waals surface area contributed by atoms with Gasteiger partial charge in [0, 0.05) is 24.4 Å². The highest BCUT2D eigenvalue weighted by atomic mass is 32.2. The van der Waals surface area contributed by atoms with Gasteiger partial charge in [0.05, 0.1) is 6.10 Å². The minimum atomic E-state index is -0.806. The molecule has 110 valence electrons. The van der Waals surface area contributed by atoms with Crippen molar-refractivity contribution in [3.8, 4) is 0 Å². The number of hydrogen-bond acceptors (Lipinski definition) is 3. The highest BCUT2D eigenvalue weighted by molar-refractivity contribution is 7.99. The van der Waals surface area contributed by atoms with E-state index in [-0.39, 0.29) is 12.1 Å². The van der Waals surface area contributed by atoms with Crippen LogP contribution in [0.25, 0.3) is 0 Å². The van der Waals surface area contributed by atoms with Crippen LogP contribution in [-0.4, -0.2) is 30.2 Å². The Labute approximate surface area is 122 Å². The van der Waals surface area contributed by atoms with Crippen molar-refractivity contribution in [1.29, 1.82) is 0 Å². The van der Waals surface area contributed by atoms with Crippen LogP contribution in [0.5, 0.6) is 0 Å². The molecule has 0 unspecified atom stereocenters. The summed E-state index contributed by atoms with van der Waals surface area (Å²) in [4.78, 5) is 0. The molecule has 20 heavy (non-hydrogen) atoms. The molecule has 0 saturated carbocycles. The summed E-state index contributed by atoms with van der Waals surface area (Å²) in [5.41, 5.74) is 0.724. The van der Waals surface area contributed by atoms with Gasteiger partial charge in [-0.3, -0.25) is 0 Å². The summed E-state index contributed by atoms with van der Waals surface area (Å²) >= 11 is 1.97. The zero-order valence-electron chi connectivity index (χ0n) is 11.3. The molecule has 2 saturated heterocycles. The standard InChI is InChI=1S/C15H19F2NOS/c16-12-4-3-10(8-13(12)17)15-14(5-6-19-15)18-11-2-1-7-20-9-11/h3-4,8,11,14-15,18H,1-2,5-7,9H2/t11-,14+,15+/m1/s1. The lowest BCUT2D eigenvalue weighted by Gasteiger charge is -2.28. The maximum Gasteiger partial charge on any atom is 0.159 e. The molecule has 1 aromatic rings. The van der Waals surface area contributed by atoms with Crippen LogP contribution in [0.15, 0.2) is 18.2 Å². The van der Waals surface area contributed by atoms with E-state index in [9.17, 15) is 8.78 Å². The van der Waals surface area contributed by atoms with Crippen molar-refractivity contribution in [2.24, 2.45) is 0 Å². The molecule has 0 aliphatic carbocycles. The maximum absolute atomic E-state index is 13.4. The number of thioether (sulfide) groups is 1. The van der Waals surface area contributed by atoms with E-state index in [4.69, 9.17) is 4.74 Å². The highest BCUT2D eigenvalue weighted by Gasteiger charge is 2.32. The number of rotatable bonds is 3. The first-order valence-electron chi connectivity index (χ1n) is 7.14. The second-order valence-corrected chi connectivity index (χ2v) is 6.59. The Morgan fingerprint density at radius 1 is 1.20 bits per heavy atom. The van der Waals surface area contributed by atoms with Crippen LogP contribution in [0.4, 0.5) is 8.78 Å². The number of halogens is 2. The number of nitrogens with one attached hydrogen (secondary N) is 1. The smallest absolute Gasteiger partial charge is 0.159 e. The molecule has 3 rings (SSSR count). The van der Waals surface area contributed by atoms with Gasteiger partial charge in [-0.15, -0.1) is 0 Å². The molecule has 2 aliphatic rings. The average molecular weight is 299 g/mol. The third kappa shape index (κ3) is 3.15. The summed E-state index contributed by atoms with van der Waals surface area (Å²) in [5, 5.41) is 3.64. The third-order valence-corrected chi connectivity index (χ3v) is 5.19. The number of hydrogen-bond donors (Lipinski definition) is 1. The molecule has 2 heterocycles. The van der Waals surface area contributed by atoms with Crippen LogP contribution in [0, 0.1) is 11.6 Å². The lowest BCUT2D eigenvalue weighted by atomic mass is 10.0. The van der Waals surface area contributed by atoms with E-state index < -0.39 is 11.6 Å². The van der Waals surface area contributed by atoms with Gasteiger partial charge in [-0.25, -0.2) is 8.78 Å². The Balaban J connectivity index is 1.69. The van der Waals surface area contributed by atoms with Crippen LogP contribution in [0.2, 0.25) is 0 Å². The molecule has 5 heteroatoms. The molecular weight excluding hydrogens is 280 g/mol. The predicted molar refractivity (Wildman–Crippen MR) is 76.9 cm³/mol. The van der Waals surface area contributed by atoms with Crippen LogP contribution in [0.1, 0.15) is 30.9 Å². The van der Waals surface area contributed by atoms with Gasteiger partial charge < -0.3 is 10.1 Å². The first-order valence-corrected chi connectivity index (χ1v) is 8.30. The predicted octanol–water partition coefficient (Wildman–Crippen LogP) is 3.28. The average Bonchev–Trinajstić information content (AvgIpc) is 2.91. The second kappa shape index (κ2) is 6.41. The number of ether oxygens (including phenoxy) is 1. The van der Waals surface area contributed by atoms with E-state index in [1.807, 2.05) is 11.8 Å². The third-order valence-electron chi connectivity index (χ3n) is 3.97. The summed E-state index contributed by atoms with van der Waals surface area (Å²) < 4.78 is 32.1. The summed E-state index contributed by atoms with van der Waals surface area (Å²) in [6, 6.07) is 4.77. The quantitative estimate of drug-likeness (QED) is 0.925. The zero-order valence-corrected chi connectivity index (χ0v) is 12.1. The maximum atomic E-state index is 13.4. The van der Waals surface area contributed by atoms with Crippen molar-refractivity contribution in [1.82, 2.24) is 5.32 Å². The van der Waals surface area contributed by atoms with E-state index in [2.05, 4.69) is 5.32 Å². The largest absolute Gasteiger partial charge is 0.372 e. The molecule has 0 amide bonds. The van der Waals surface area contributed by atoms with Crippen molar-refractivity contribution < 1.29 is 13.5 Å². The van der Waals surface area contributed by atoms with Crippen molar-refractivity contribution in [2.75, 3.05) is 18.1 Å². The van der Waals surface area contributed by atoms with Gasteiger partial charge in [-0.1, -0.05) is 6.07 Å². The van der Waals surface area contributed by atoms with E-state index in [0.29, 0.717) is 12.6 Å². The fraction of sp³-hybridized carbons (Fsp3) is 0.600. The summed E-state index contributed by atoms with van der Waals surface area (Å²) in [6.45, 7) is 0.668. The minimum absolute atomic E-state index is 0.169. The molecule has 3 atom stereocenters. The van der Waals surface area contributed by atoms with Crippen LogP contribution in [0.3, 0.4) is 0 Å². The first kappa shape index (κ1) is 14.3. The first-order chi connectivity index (χ1) is 9.74. The van der Waals surface area contributed by atoms with Gasteiger partial charge in [-0.2, -0.15) is 11.8 Å². The monoisotopic (exact) mass is 299 g/mol. The lowest BCUT2D eigenvalue weighted by molar-refractivity contribution is 0.0962. The van der Waals surface area contributed by atoms with Crippen molar-refractivity contribution in [2.45, 2.75) is 37.5 Å². The molecule has 2 nitrogen and oxygen atoms in total. The Morgan fingerprint density at radius 2 is 2.10 bits per heavy atom. The molecule has 1 aromatic carbocycles. The molecule has 0 aromatic heterocycles. The summed E-state index contributed by atoms with van der Waals surface area (Å²) in [5.74, 6) is 0.761. The van der Waals surface area contributed by atoms with E-state index in [0.717, 1.165) is 17.7 Å². The van der Waals surface area contributed by atoms with Crippen LogP contribution >= 0.6 is 11.8 Å². The Morgan fingerprint density at radius 3 is 2.85 bits per heavy atom. The van der Waals surface area contributed by atoms with Crippen molar-refractivity contribution in [3.05, 3.63) is 35.4 Å². The van der Waals surface area contributed by atoms with Crippen LogP contribution in [-0.2, 0) is 4.74 Å². The second-order valence-electron chi connectivity index (χ2n) is 5.44. The fourth-order valence-corrected chi connectivity index (χ4v) is 4.04. The van der Waals surface area contributed by atoms with Gasteiger partial charge >= 0.3 is 0 Å². The van der Waals surface area contributed by atoms with Gasteiger partial charge in [0.2, 0.25) is 0 Å². The fourth-order valence-electron chi connectivity index (χ4n) is 2.95. The molecule has 1 N–H and O–H groups in total.